The summed E-state index contributed by atoms with van der Waals surface area (Å²) in [6.07, 6.45) is 0. The maximum atomic E-state index is 6.14. The van der Waals surface area contributed by atoms with Gasteiger partial charge in [0.2, 0.25) is 5.36 Å². The molecule has 0 saturated carbocycles. The molecule has 124 valence electrons. The number of benzene rings is 2. The number of aryl methyl sites for hydroxylation is 1. The Labute approximate surface area is 142 Å². The summed E-state index contributed by atoms with van der Waals surface area (Å²) in [4.78, 5) is 3.56. The molecule has 0 amide bonds. The van der Waals surface area contributed by atoms with Gasteiger partial charge in [0.15, 0.2) is 0 Å². The lowest BCUT2D eigenvalue weighted by Gasteiger charge is -2.05. The van der Waals surface area contributed by atoms with Gasteiger partial charge in [-0.15, -0.1) is 0 Å². The summed E-state index contributed by atoms with van der Waals surface area (Å²) < 4.78 is 11.4. The fraction of sp³-hybridized carbons (Fsp3) is 0.286. The van der Waals surface area contributed by atoms with E-state index in [0.29, 0.717) is 5.92 Å². The fourth-order valence-electron chi connectivity index (χ4n) is 2.66. The quantitative estimate of drug-likeness (QED) is 0.801. The molecule has 0 radical (unpaired) electrons. The first-order valence-electron chi connectivity index (χ1n) is 8.32. The summed E-state index contributed by atoms with van der Waals surface area (Å²) in [6.45, 7) is 7.44. The van der Waals surface area contributed by atoms with E-state index in [1.165, 1.54) is 5.56 Å². The van der Waals surface area contributed by atoms with Crippen LogP contribution in [0.4, 0.5) is 0 Å². The number of hydrogen-bond acceptors (Lipinski definition) is 2. The van der Waals surface area contributed by atoms with E-state index in [-0.39, 0.29) is 0 Å². The van der Waals surface area contributed by atoms with E-state index in [4.69, 9.17) is 9.15 Å². The lowest BCUT2D eigenvalue weighted by atomic mass is 10.1. The molecule has 0 bridgehead atoms. The van der Waals surface area contributed by atoms with Crippen LogP contribution in [0.25, 0.3) is 22.3 Å². The van der Waals surface area contributed by atoms with Crippen molar-refractivity contribution >= 4 is 11.0 Å². The van der Waals surface area contributed by atoms with Crippen molar-refractivity contribution in [3.8, 4) is 17.1 Å². The van der Waals surface area contributed by atoms with Gasteiger partial charge in [-0.3, -0.25) is 0 Å². The largest absolute Gasteiger partial charge is 0.497 e. The summed E-state index contributed by atoms with van der Waals surface area (Å²) in [7, 11) is 1.67. The molecule has 0 aliphatic carbocycles. The maximum Gasteiger partial charge on any atom is 0.213 e. The molecule has 3 heteroatoms. The van der Waals surface area contributed by atoms with E-state index in [1.807, 2.05) is 30.3 Å². The molecular weight excluding hydrogens is 298 g/mol. The van der Waals surface area contributed by atoms with Crippen molar-refractivity contribution in [1.29, 1.82) is 0 Å². The summed E-state index contributed by atoms with van der Waals surface area (Å²) in [5.74, 6) is 2.26. The van der Waals surface area contributed by atoms with Crippen LogP contribution in [0.1, 0.15) is 19.4 Å². The van der Waals surface area contributed by atoms with Gasteiger partial charge in [-0.1, -0.05) is 25.5 Å². The second-order valence-electron chi connectivity index (χ2n) is 6.53. The molecule has 0 atom stereocenters. The molecule has 0 spiro atoms. The third-order valence-electron chi connectivity index (χ3n) is 4.00. The van der Waals surface area contributed by atoms with Gasteiger partial charge in [0.1, 0.15) is 23.6 Å². The average Bonchev–Trinajstić information content (AvgIpc) is 2.59. The molecule has 1 aromatic heterocycles. The Bertz CT molecular complexity index is 905. The van der Waals surface area contributed by atoms with Gasteiger partial charge in [0, 0.05) is 11.5 Å². The Morgan fingerprint density at radius 3 is 2.46 bits per heavy atom. The molecule has 3 rings (SSSR count). The van der Waals surface area contributed by atoms with Gasteiger partial charge < -0.3 is 9.15 Å². The normalized spacial score (nSPS) is 12.1. The Hall–Kier alpha value is -2.55. The molecule has 1 N–H and O–H groups in total. The molecule has 0 unspecified atom stereocenters. The molecule has 3 aromatic rings. The maximum absolute atomic E-state index is 6.14. The molecule has 1 heterocycles. The monoisotopic (exact) mass is 322 g/mol. The minimum absolute atomic E-state index is 0.575. The Balaban J connectivity index is 2.18. The predicted molar refractivity (Wildman–Crippen MR) is 96.7 cm³/mol. The SMILES string of the molecule is COc1ccc(-c2cc(=[NH+]CC(C)C)c3cc(C)ccc3o2)cc1. The van der Waals surface area contributed by atoms with Crippen LogP contribution < -0.4 is 15.1 Å². The van der Waals surface area contributed by atoms with Crippen molar-refractivity contribution < 1.29 is 14.1 Å². The van der Waals surface area contributed by atoms with Crippen LogP contribution in [0.3, 0.4) is 0 Å². The standard InChI is InChI=1S/C21H23NO2/c1-14(2)13-22-19-12-21(16-6-8-17(23-4)9-7-16)24-20-10-5-15(3)11-18(19)20/h5-12,14H,13H2,1-4H3/p+1. The molecule has 0 aliphatic heterocycles. The molecule has 0 fully saturated rings. The smallest absolute Gasteiger partial charge is 0.213 e. The van der Waals surface area contributed by atoms with E-state index in [9.17, 15) is 0 Å². The topological polar surface area (TPSA) is 36.3 Å². The van der Waals surface area contributed by atoms with E-state index in [2.05, 4.69) is 44.0 Å². The van der Waals surface area contributed by atoms with Gasteiger partial charge in [-0.25, -0.2) is 4.99 Å². The number of nitrogens with one attached hydrogen (secondary N) is 1. The summed E-state index contributed by atoms with van der Waals surface area (Å²) in [6, 6.07) is 16.3. The summed E-state index contributed by atoms with van der Waals surface area (Å²) in [5, 5.41) is 2.23. The van der Waals surface area contributed by atoms with Crippen molar-refractivity contribution in [2.45, 2.75) is 20.8 Å². The van der Waals surface area contributed by atoms with Gasteiger partial charge in [-0.05, 0) is 43.3 Å². The van der Waals surface area contributed by atoms with E-state index < -0.39 is 0 Å². The first-order valence-corrected chi connectivity index (χ1v) is 8.32. The minimum Gasteiger partial charge on any atom is -0.497 e. The second-order valence-corrected chi connectivity index (χ2v) is 6.53. The summed E-state index contributed by atoms with van der Waals surface area (Å²) >= 11 is 0. The molecule has 0 saturated heterocycles. The zero-order valence-electron chi connectivity index (χ0n) is 14.7. The van der Waals surface area contributed by atoms with Gasteiger partial charge in [-0.2, -0.15) is 0 Å². The highest BCUT2D eigenvalue weighted by Crippen LogP contribution is 2.24. The third kappa shape index (κ3) is 3.51. The molecule has 0 aliphatic rings. The first-order chi connectivity index (χ1) is 11.6. The number of fused-ring (bicyclic) bond motifs is 1. The van der Waals surface area contributed by atoms with Gasteiger partial charge in [0.25, 0.3) is 0 Å². The number of rotatable bonds is 4. The molecular formula is C21H24NO2+. The fourth-order valence-corrected chi connectivity index (χ4v) is 2.66. The Kier molecular flexibility index (Phi) is 4.70. The number of hydrogen-bond donors (Lipinski definition) is 1. The van der Waals surface area contributed by atoms with E-state index in [1.54, 1.807) is 7.11 Å². The van der Waals surface area contributed by atoms with Crippen LogP contribution in [0.5, 0.6) is 5.75 Å². The highest BCUT2D eigenvalue weighted by molar-refractivity contribution is 5.78. The summed E-state index contributed by atoms with van der Waals surface area (Å²) in [5.41, 5.74) is 3.15. The molecule has 3 nitrogen and oxygen atoms in total. The lowest BCUT2D eigenvalue weighted by Crippen LogP contribution is -2.77. The van der Waals surface area contributed by atoms with Crippen molar-refractivity contribution in [1.82, 2.24) is 0 Å². The Morgan fingerprint density at radius 1 is 1.04 bits per heavy atom. The van der Waals surface area contributed by atoms with Crippen molar-refractivity contribution in [2.75, 3.05) is 13.7 Å². The molecule has 24 heavy (non-hydrogen) atoms. The third-order valence-corrected chi connectivity index (χ3v) is 4.00. The predicted octanol–water partition coefficient (Wildman–Crippen LogP) is 3.05. The number of methoxy groups -OCH3 is 1. The van der Waals surface area contributed by atoms with E-state index >= 15 is 0 Å². The highest BCUT2D eigenvalue weighted by Gasteiger charge is 2.10. The van der Waals surface area contributed by atoms with Crippen molar-refractivity contribution in [2.24, 2.45) is 5.92 Å². The van der Waals surface area contributed by atoms with Crippen LogP contribution >= 0.6 is 0 Å². The van der Waals surface area contributed by atoms with Crippen LogP contribution in [-0.4, -0.2) is 13.7 Å². The second kappa shape index (κ2) is 6.91. The van der Waals surface area contributed by atoms with Crippen LogP contribution in [0.15, 0.2) is 52.9 Å². The van der Waals surface area contributed by atoms with Crippen molar-refractivity contribution in [3.63, 3.8) is 0 Å². The zero-order chi connectivity index (χ0) is 17.1. The van der Waals surface area contributed by atoms with Crippen LogP contribution in [0.2, 0.25) is 0 Å². The minimum atomic E-state index is 0.575. The molecule has 2 aromatic carbocycles. The van der Waals surface area contributed by atoms with Crippen LogP contribution in [-0.2, 0) is 0 Å². The van der Waals surface area contributed by atoms with E-state index in [0.717, 1.165) is 39.9 Å². The zero-order valence-corrected chi connectivity index (χ0v) is 14.7. The first kappa shape index (κ1) is 16.3. The van der Waals surface area contributed by atoms with Crippen LogP contribution in [0, 0.1) is 12.8 Å². The van der Waals surface area contributed by atoms with Gasteiger partial charge in [0.05, 0.1) is 18.6 Å². The number of ether oxygens (including phenoxy) is 1. The highest BCUT2D eigenvalue weighted by atomic mass is 16.5. The lowest BCUT2D eigenvalue weighted by molar-refractivity contribution is -0.505. The van der Waals surface area contributed by atoms with Crippen molar-refractivity contribution in [3.05, 3.63) is 59.5 Å². The van der Waals surface area contributed by atoms with Gasteiger partial charge >= 0.3 is 0 Å². The Morgan fingerprint density at radius 2 is 1.79 bits per heavy atom. The average molecular weight is 322 g/mol.